The largest absolute Gasteiger partial charge is 0.381 e. The van der Waals surface area contributed by atoms with Crippen LogP contribution >= 0.6 is 0 Å². The maximum Gasteiger partial charge on any atom is 0.0488 e. The zero-order chi connectivity index (χ0) is 2.83. The Morgan fingerprint density at radius 3 is 1.40 bits per heavy atom. The Morgan fingerprint density at radius 2 is 1.40 bits per heavy atom. The van der Waals surface area contributed by atoms with Crippen molar-refractivity contribution in [1.29, 1.82) is 0 Å². The van der Waals surface area contributed by atoms with Crippen molar-refractivity contribution in [2.45, 2.75) is 6.42 Å². The van der Waals surface area contributed by atoms with Gasteiger partial charge < -0.3 is 10.9 Å². The van der Waals surface area contributed by atoms with Crippen molar-refractivity contribution < 1.29 is 4.74 Å². The molecule has 0 amide bonds. The fourth-order valence-corrected chi connectivity index (χ4v) is 0.144. The van der Waals surface area contributed by atoms with Crippen LogP contribution in [-0.2, 0) is 4.74 Å². The monoisotopic (exact) mass is 75.1 g/mol. The molecule has 0 aromatic heterocycles. The van der Waals surface area contributed by atoms with E-state index in [0.29, 0.717) is 0 Å². The van der Waals surface area contributed by atoms with E-state index in [9.17, 15) is 0 Å². The van der Waals surface area contributed by atoms with E-state index in [-0.39, 0.29) is 6.15 Å². The van der Waals surface area contributed by atoms with E-state index >= 15 is 0 Å². The van der Waals surface area contributed by atoms with Gasteiger partial charge in [-0.05, 0) is 6.42 Å². The van der Waals surface area contributed by atoms with Gasteiger partial charge in [-0.1, -0.05) is 0 Å². The molecule has 1 fully saturated rings. The second kappa shape index (κ2) is 2.18. The average molecular weight is 75.1 g/mol. The molecule has 1 heterocycles. The molecule has 5 heavy (non-hydrogen) atoms. The van der Waals surface area contributed by atoms with Gasteiger partial charge in [-0.3, -0.25) is 0 Å². The van der Waals surface area contributed by atoms with Gasteiger partial charge in [0.2, 0.25) is 0 Å². The lowest BCUT2D eigenvalue weighted by Gasteiger charge is -2.09. The Hall–Kier alpha value is -0.0800. The smallest absolute Gasteiger partial charge is 0.0488 e. The first-order valence-electron chi connectivity index (χ1n) is 1.58. The van der Waals surface area contributed by atoms with E-state index in [1.54, 1.807) is 0 Å². The van der Waals surface area contributed by atoms with Crippen LogP contribution in [0.1, 0.15) is 6.42 Å². The lowest BCUT2D eigenvalue weighted by Crippen LogP contribution is -2.09. The zero-order valence-corrected chi connectivity index (χ0v) is 3.24. The van der Waals surface area contributed by atoms with E-state index < -0.39 is 0 Å². The maximum absolute atomic E-state index is 4.72. The highest BCUT2D eigenvalue weighted by Gasteiger charge is 1.94. The average Bonchev–Trinajstić information content (AvgIpc) is 0.722. The lowest BCUT2D eigenvalue weighted by atomic mass is 10.4. The summed E-state index contributed by atoms with van der Waals surface area (Å²) in [6.07, 6.45) is 1.28. The van der Waals surface area contributed by atoms with E-state index in [2.05, 4.69) is 0 Å². The highest BCUT2D eigenvalue weighted by molar-refractivity contribution is 4.41. The summed E-state index contributed by atoms with van der Waals surface area (Å²) in [5.74, 6) is 0. The third kappa shape index (κ3) is 0.940. The molecule has 1 aliphatic heterocycles. The van der Waals surface area contributed by atoms with Gasteiger partial charge in [0.15, 0.2) is 0 Å². The topological polar surface area (TPSA) is 44.2 Å². The fraction of sp³-hybridized carbons (Fsp3) is 1.00. The third-order valence-electron chi connectivity index (χ3n) is 0.577. The second-order valence-electron chi connectivity index (χ2n) is 0.966. The summed E-state index contributed by atoms with van der Waals surface area (Å²) in [4.78, 5) is 0. The van der Waals surface area contributed by atoms with E-state index in [0.717, 1.165) is 13.2 Å². The fourth-order valence-electron chi connectivity index (χ4n) is 0.144. The molecule has 1 aliphatic rings. The van der Waals surface area contributed by atoms with Crippen LogP contribution < -0.4 is 6.15 Å². The predicted molar refractivity (Wildman–Crippen MR) is 20.5 cm³/mol. The van der Waals surface area contributed by atoms with Gasteiger partial charge in [0.05, 0.1) is 0 Å². The second-order valence-corrected chi connectivity index (χ2v) is 0.966. The Bertz CT molecular complexity index is 14.9. The first-order chi connectivity index (χ1) is 2.00. The summed E-state index contributed by atoms with van der Waals surface area (Å²) in [5, 5.41) is 0. The van der Waals surface area contributed by atoms with Gasteiger partial charge in [0.1, 0.15) is 0 Å². The van der Waals surface area contributed by atoms with Gasteiger partial charge in [0, 0.05) is 13.2 Å². The van der Waals surface area contributed by atoms with Crippen molar-refractivity contribution >= 4 is 0 Å². The molecule has 0 unspecified atom stereocenters. The molecule has 2 heteroatoms. The van der Waals surface area contributed by atoms with Crippen LogP contribution in [0.3, 0.4) is 0 Å². The Morgan fingerprint density at radius 1 is 1.20 bits per heavy atom. The quantitative estimate of drug-likeness (QED) is 0.457. The molecule has 0 aromatic carbocycles. The summed E-state index contributed by atoms with van der Waals surface area (Å²) in [7, 11) is 0. The van der Waals surface area contributed by atoms with Gasteiger partial charge >= 0.3 is 0 Å². The van der Waals surface area contributed by atoms with E-state index in [1.165, 1.54) is 6.42 Å². The first kappa shape index (κ1) is 4.92. The molecule has 0 atom stereocenters. The minimum Gasteiger partial charge on any atom is -0.381 e. The van der Waals surface area contributed by atoms with Crippen LogP contribution in [0.2, 0.25) is 0 Å². The Kier molecular flexibility index (Phi) is 2.14. The highest BCUT2D eigenvalue weighted by Crippen LogP contribution is 1.92. The van der Waals surface area contributed by atoms with Crippen molar-refractivity contribution in [1.82, 2.24) is 6.15 Å². The molecule has 0 aromatic rings. The first-order valence-corrected chi connectivity index (χ1v) is 1.58. The van der Waals surface area contributed by atoms with Crippen molar-refractivity contribution in [3.05, 3.63) is 0 Å². The summed E-state index contributed by atoms with van der Waals surface area (Å²) in [6, 6.07) is 0. The molecule has 0 saturated carbocycles. The number of hydrogen-bond donors (Lipinski definition) is 1. The minimum atomic E-state index is 0. The van der Waals surface area contributed by atoms with Gasteiger partial charge in [-0.2, -0.15) is 0 Å². The van der Waals surface area contributed by atoms with Crippen molar-refractivity contribution in [3.8, 4) is 0 Å². The molecule has 0 aliphatic carbocycles. The molecule has 0 bridgehead atoms. The molecule has 1 saturated heterocycles. The summed E-state index contributed by atoms with van der Waals surface area (Å²) < 4.78 is 4.72. The molecule has 0 spiro atoms. The van der Waals surface area contributed by atoms with Crippen LogP contribution in [0.25, 0.3) is 0 Å². The van der Waals surface area contributed by atoms with Gasteiger partial charge in [-0.25, -0.2) is 0 Å². The van der Waals surface area contributed by atoms with Crippen LogP contribution in [0.15, 0.2) is 0 Å². The molecule has 0 radical (unpaired) electrons. The molecule has 2 nitrogen and oxygen atoms in total. The molecular formula is C3H9NO. The van der Waals surface area contributed by atoms with Gasteiger partial charge in [0.25, 0.3) is 0 Å². The minimum absolute atomic E-state index is 0. The normalized spacial score (nSPS) is 19.2. The van der Waals surface area contributed by atoms with Crippen LogP contribution in [-0.4, -0.2) is 13.2 Å². The van der Waals surface area contributed by atoms with E-state index in [4.69, 9.17) is 4.74 Å². The number of hydrogen-bond acceptors (Lipinski definition) is 2. The predicted octanol–water partition coefficient (Wildman–Crippen LogP) is 0.569. The lowest BCUT2D eigenvalue weighted by molar-refractivity contribution is 0.0367. The highest BCUT2D eigenvalue weighted by atomic mass is 16.5. The summed E-state index contributed by atoms with van der Waals surface area (Å²) in [6.45, 7) is 2.00. The van der Waals surface area contributed by atoms with Crippen LogP contribution in [0.4, 0.5) is 0 Å². The Labute approximate surface area is 31.7 Å². The SMILES string of the molecule is C1COC1.N. The van der Waals surface area contributed by atoms with Crippen molar-refractivity contribution in [2.75, 3.05) is 13.2 Å². The zero-order valence-electron chi connectivity index (χ0n) is 3.24. The van der Waals surface area contributed by atoms with Crippen molar-refractivity contribution in [2.24, 2.45) is 0 Å². The summed E-state index contributed by atoms with van der Waals surface area (Å²) >= 11 is 0. The maximum atomic E-state index is 4.72. The van der Waals surface area contributed by atoms with Crippen molar-refractivity contribution in [3.63, 3.8) is 0 Å². The molecule has 3 N–H and O–H groups in total. The van der Waals surface area contributed by atoms with Crippen LogP contribution in [0, 0.1) is 0 Å². The van der Waals surface area contributed by atoms with Crippen LogP contribution in [0.5, 0.6) is 0 Å². The standard InChI is InChI=1S/C3H6O.H3N/c1-2-4-3-1;/h1-3H2;1H3. The molecule has 1 rings (SSSR count). The third-order valence-corrected chi connectivity index (χ3v) is 0.577. The number of rotatable bonds is 0. The summed E-state index contributed by atoms with van der Waals surface area (Å²) in [5.41, 5.74) is 0. The molecule has 32 valence electrons. The van der Waals surface area contributed by atoms with E-state index in [1.807, 2.05) is 0 Å². The Balaban J connectivity index is 0.000000160. The number of ether oxygens (including phenoxy) is 1. The molecular weight excluding hydrogens is 66.0 g/mol. The van der Waals surface area contributed by atoms with Gasteiger partial charge in [-0.15, -0.1) is 0 Å².